The van der Waals surface area contributed by atoms with Crippen LogP contribution >= 0.6 is 0 Å². The molecular weight excluding hydrogens is 345 g/mol. The molecule has 0 spiro atoms. The molecule has 2 heterocycles. The van der Waals surface area contributed by atoms with E-state index in [1.807, 2.05) is 23.1 Å². The van der Waals surface area contributed by atoms with Gasteiger partial charge in [-0.3, -0.25) is 4.79 Å². The number of nitrogens with zero attached hydrogens (tertiary/aromatic N) is 1. The Balaban J connectivity index is 1.42. The minimum absolute atomic E-state index is 0.0373. The number of carbonyl (C=O) groups excluding carboxylic acids is 1. The average Bonchev–Trinajstić information content (AvgIpc) is 3.18. The molecular formula is C20H22FN5O. The van der Waals surface area contributed by atoms with Crippen LogP contribution in [-0.2, 0) is 4.79 Å². The van der Waals surface area contributed by atoms with Crippen molar-refractivity contribution >= 4 is 17.2 Å². The number of hydrogen-bond donors (Lipinski definition) is 4. The molecule has 4 N–H and O–H groups in total. The van der Waals surface area contributed by atoms with Gasteiger partial charge in [-0.05, 0) is 29.7 Å². The fraction of sp³-hybridized carbons (Fsp3) is 0.250. The first-order chi connectivity index (χ1) is 13.2. The van der Waals surface area contributed by atoms with Crippen molar-refractivity contribution in [1.82, 2.24) is 21.3 Å². The molecule has 4 rings (SSSR count). The lowest BCUT2D eigenvalue weighted by Crippen LogP contribution is -2.52. The highest BCUT2D eigenvalue weighted by atomic mass is 19.1. The summed E-state index contributed by atoms with van der Waals surface area (Å²) in [6.45, 7) is 1.22. The van der Waals surface area contributed by atoms with Crippen molar-refractivity contribution in [3.8, 4) is 0 Å². The molecule has 140 valence electrons. The smallest absolute Gasteiger partial charge is 0.244 e. The number of hydrazine groups is 2. The molecule has 1 fully saturated rings. The summed E-state index contributed by atoms with van der Waals surface area (Å²) in [5.41, 5.74) is 11.4. The van der Waals surface area contributed by atoms with E-state index < -0.39 is 12.2 Å². The summed E-state index contributed by atoms with van der Waals surface area (Å²) >= 11 is 0. The van der Waals surface area contributed by atoms with E-state index in [4.69, 9.17) is 0 Å². The molecule has 0 saturated carbocycles. The minimum Gasteiger partial charge on any atom is -0.365 e. The van der Waals surface area contributed by atoms with E-state index in [1.54, 1.807) is 18.2 Å². The van der Waals surface area contributed by atoms with Crippen molar-refractivity contribution in [2.75, 3.05) is 18.4 Å². The number of amides is 1. The van der Waals surface area contributed by atoms with Crippen LogP contribution in [0.25, 0.3) is 5.57 Å². The number of para-hydroxylation sites is 1. The van der Waals surface area contributed by atoms with Gasteiger partial charge in [0.05, 0.1) is 5.69 Å². The van der Waals surface area contributed by atoms with E-state index in [0.29, 0.717) is 18.8 Å². The third-order valence-electron chi connectivity index (χ3n) is 4.90. The van der Waals surface area contributed by atoms with E-state index in [1.165, 1.54) is 17.2 Å². The number of halogens is 1. The van der Waals surface area contributed by atoms with Crippen molar-refractivity contribution in [1.29, 1.82) is 0 Å². The van der Waals surface area contributed by atoms with Crippen molar-refractivity contribution in [3.05, 3.63) is 72.1 Å². The average molecular weight is 367 g/mol. The molecule has 0 radical (unpaired) electrons. The second-order valence-corrected chi connectivity index (χ2v) is 6.62. The molecule has 2 aromatic rings. The van der Waals surface area contributed by atoms with Crippen LogP contribution in [0.4, 0.5) is 10.1 Å². The van der Waals surface area contributed by atoms with Gasteiger partial charge in [0, 0.05) is 13.1 Å². The zero-order chi connectivity index (χ0) is 18.6. The van der Waals surface area contributed by atoms with Crippen LogP contribution in [0, 0.1) is 5.82 Å². The summed E-state index contributed by atoms with van der Waals surface area (Å²) in [6.07, 6.45) is 2.45. The van der Waals surface area contributed by atoms with Gasteiger partial charge in [0.15, 0.2) is 0 Å². The molecule has 1 amide bonds. The topological polar surface area (TPSA) is 68.4 Å². The van der Waals surface area contributed by atoms with Gasteiger partial charge in [-0.2, -0.15) is 5.53 Å². The van der Waals surface area contributed by atoms with Crippen LogP contribution < -0.4 is 21.7 Å². The second kappa shape index (κ2) is 7.87. The Bertz CT molecular complexity index is 841. The predicted molar refractivity (Wildman–Crippen MR) is 103 cm³/mol. The molecule has 6 nitrogen and oxygen atoms in total. The first-order valence-corrected chi connectivity index (χ1v) is 9.03. The Hall–Kier alpha value is -2.74. The van der Waals surface area contributed by atoms with Gasteiger partial charge in [0.25, 0.3) is 0 Å². The number of carbonyl (C=O) groups is 1. The van der Waals surface area contributed by atoms with Gasteiger partial charge >= 0.3 is 0 Å². The van der Waals surface area contributed by atoms with Crippen LogP contribution in [0.5, 0.6) is 0 Å². The fourth-order valence-corrected chi connectivity index (χ4v) is 3.41. The first-order valence-electron chi connectivity index (χ1n) is 9.03. The van der Waals surface area contributed by atoms with Crippen LogP contribution in [0.15, 0.2) is 60.7 Å². The number of anilines is 1. The van der Waals surface area contributed by atoms with E-state index in [0.717, 1.165) is 6.42 Å². The molecule has 27 heavy (non-hydrogen) atoms. The first kappa shape index (κ1) is 17.7. The highest BCUT2D eigenvalue weighted by Crippen LogP contribution is 2.23. The maximum absolute atomic E-state index is 13.9. The standard InChI is InChI=1S/C20H22FN5O/c21-16-8-4-5-9-17(16)22-19-18(23-25-24-19)20(27)26-12-10-15(11-13-26)14-6-2-1-3-7-14/h1-10,18-19,22-25H,11-13H2. The molecule has 7 heteroatoms. The Kier molecular flexibility index (Phi) is 5.15. The maximum Gasteiger partial charge on any atom is 0.244 e. The third-order valence-corrected chi connectivity index (χ3v) is 4.90. The van der Waals surface area contributed by atoms with Crippen molar-refractivity contribution < 1.29 is 9.18 Å². The lowest BCUT2D eigenvalue weighted by molar-refractivity contribution is -0.132. The molecule has 2 aliphatic heterocycles. The monoisotopic (exact) mass is 367 g/mol. The van der Waals surface area contributed by atoms with Crippen LogP contribution in [0.1, 0.15) is 12.0 Å². The summed E-state index contributed by atoms with van der Waals surface area (Å²) in [7, 11) is 0. The van der Waals surface area contributed by atoms with Crippen molar-refractivity contribution in [2.45, 2.75) is 18.6 Å². The number of rotatable bonds is 4. The van der Waals surface area contributed by atoms with E-state index in [-0.39, 0.29) is 11.7 Å². The van der Waals surface area contributed by atoms with Crippen LogP contribution in [0.2, 0.25) is 0 Å². The molecule has 2 aromatic carbocycles. The SMILES string of the molecule is O=C(C1NNNC1Nc1ccccc1F)N1CC=C(c2ccccc2)CC1. The number of benzene rings is 2. The predicted octanol–water partition coefficient (Wildman–Crippen LogP) is 1.86. The summed E-state index contributed by atoms with van der Waals surface area (Å²) in [5.74, 6) is -0.393. The van der Waals surface area contributed by atoms with Crippen molar-refractivity contribution in [3.63, 3.8) is 0 Å². The Labute approximate surface area is 157 Å². The highest BCUT2D eigenvalue weighted by molar-refractivity contribution is 5.84. The van der Waals surface area contributed by atoms with Crippen molar-refractivity contribution in [2.24, 2.45) is 0 Å². The second-order valence-electron chi connectivity index (χ2n) is 6.62. The Morgan fingerprint density at radius 3 is 2.59 bits per heavy atom. The molecule has 0 bridgehead atoms. The minimum atomic E-state index is -0.545. The number of hydrogen-bond acceptors (Lipinski definition) is 5. The van der Waals surface area contributed by atoms with Gasteiger partial charge in [0.1, 0.15) is 18.0 Å². The summed E-state index contributed by atoms with van der Waals surface area (Å²) < 4.78 is 13.9. The Morgan fingerprint density at radius 2 is 1.85 bits per heavy atom. The van der Waals surface area contributed by atoms with Gasteiger partial charge in [-0.15, -0.1) is 0 Å². The molecule has 2 atom stereocenters. The molecule has 0 aliphatic carbocycles. The van der Waals surface area contributed by atoms with E-state index >= 15 is 0 Å². The fourth-order valence-electron chi connectivity index (χ4n) is 3.41. The number of nitrogens with one attached hydrogen (secondary N) is 4. The van der Waals surface area contributed by atoms with Crippen LogP contribution in [-0.4, -0.2) is 36.1 Å². The van der Waals surface area contributed by atoms with Gasteiger partial charge < -0.3 is 10.2 Å². The third kappa shape index (κ3) is 3.85. The zero-order valence-corrected chi connectivity index (χ0v) is 14.8. The largest absolute Gasteiger partial charge is 0.365 e. The molecule has 0 aromatic heterocycles. The van der Waals surface area contributed by atoms with E-state index in [2.05, 4.69) is 39.9 Å². The van der Waals surface area contributed by atoms with Gasteiger partial charge in [-0.1, -0.05) is 48.5 Å². The summed E-state index contributed by atoms with van der Waals surface area (Å²) in [6, 6.07) is 16.1. The quantitative estimate of drug-likeness (QED) is 0.664. The molecule has 2 aliphatic rings. The Morgan fingerprint density at radius 1 is 1.07 bits per heavy atom. The summed E-state index contributed by atoms with van der Waals surface area (Å²) in [4.78, 5) is 14.8. The molecule has 1 saturated heterocycles. The lowest BCUT2D eigenvalue weighted by atomic mass is 9.99. The normalized spacial score (nSPS) is 22.4. The van der Waals surface area contributed by atoms with E-state index in [9.17, 15) is 9.18 Å². The lowest BCUT2D eigenvalue weighted by Gasteiger charge is -2.30. The maximum atomic E-state index is 13.9. The van der Waals surface area contributed by atoms with Gasteiger partial charge in [-0.25, -0.2) is 15.2 Å². The molecule has 2 unspecified atom stereocenters. The zero-order valence-electron chi connectivity index (χ0n) is 14.8. The summed E-state index contributed by atoms with van der Waals surface area (Å²) in [5, 5.41) is 3.04. The highest BCUT2D eigenvalue weighted by Gasteiger charge is 2.36. The van der Waals surface area contributed by atoms with Gasteiger partial charge in [0.2, 0.25) is 5.91 Å². The van der Waals surface area contributed by atoms with Crippen LogP contribution in [0.3, 0.4) is 0 Å².